The molecule has 4 nitrogen and oxygen atoms in total. The second-order valence-corrected chi connectivity index (χ2v) is 3.98. The summed E-state index contributed by atoms with van der Waals surface area (Å²) in [5.41, 5.74) is -0.452. The van der Waals surface area contributed by atoms with Gasteiger partial charge in [0.25, 0.3) is 5.24 Å². The van der Waals surface area contributed by atoms with Gasteiger partial charge < -0.3 is 0 Å². The lowest BCUT2D eigenvalue weighted by molar-refractivity contribution is 0.107. The number of hydrogen-bond donors (Lipinski definition) is 0. The second kappa shape index (κ2) is 4.70. The molecule has 0 aliphatic rings. The van der Waals surface area contributed by atoms with Crippen LogP contribution in [-0.4, -0.2) is 15.0 Å². The van der Waals surface area contributed by atoms with E-state index in [9.17, 15) is 14.0 Å². The molecule has 1 heterocycles. The highest BCUT2D eigenvalue weighted by Crippen LogP contribution is 2.13. The number of benzene rings is 1. The van der Waals surface area contributed by atoms with Gasteiger partial charge in [0.15, 0.2) is 5.69 Å². The Morgan fingerprint density at radius 2 is 2.06 bits per heavy atom. The summed E-state index contributed by atoms with van der Waals surface area (Å²) in [4.78, 5) is 22.5. The van der Waals surface area contributed by atoms with Gasteiger partial charge in [0.1, 0.15) is 11.5 Å². The molecule has 2 aromatic rings. The summed E-state index contributed by atoms with van der Waals surface area (Å²) < 4.78 is 14.8. The molecule has 0 N–H and O–H groups in total. The largest absolute Gasteiger partial charge is 0.287 e. The first-order chi connectivity index (χ1) is 8.50. The molecule has 0 saturated carbocycles. The highest BCUT2D eigenvalue weighted by molar-refractivity contribution is 6.67. The fourth-order valence-electron chi connectivity index (χ4n) is 1.55. The van der Waals surface area contributed by atoms with E-state index in [1.54, 1.807) is 13.0 Å². The van der Waals surface area contributed by atoms with E-state index < -0.39 is 22.2 Å². The number of para-hydroxylation sites is 1. The maximum atomic E-state index is 13.6. The Morgan fingerprint density at radius 3 is 2.67 bits per heavy atom. The van der Waals surface area contributed by atoms with Gasteiger partial charge in [-0.2, -0.15) is 5.10 Å². The number of hydrogen-bond acceptors (Lipinski definition) is 3. The lowest BCUT2D eigenvalue weighted by Crippen LogP contribution is -2.21. The Balaban J connectivity index is 2.73. The molecule has 18 heavy (non-hydrogen) atoms. The smallest absolute Gasteiger partial charge is 0.276 e. The third kappa shape index (κ3) is 2.17. The average Bonchev–Trinajstić information content (AvgIpc) is 2.30. The Labute approximate surface area is 107 Å². The van der Waals surface area contributed by atoms with Crippen molar-refractivity contribution >= 4 is 16.8 Å². The van der Waals surface area contributed by atoms with Gasteiger partial charge in [0.2, 0.25) is 5.43 Å². The van der Waals surface area contributed by atoms with E-state index in [1.807, 2.05) is 0 Å². The zero-order valence-electron chi connectivity index (χ0n) is 9.35. The van der Waals surface area contributed by atoms with Crippen molar-refractivity contribution in [2.24, 2.45) is 0 Å². The molecular formula is C12H8ClFN2O2. The monoisotopic (exact) mass is 266 g/mol. The van der Waals surface area contributed by atoms with Crippen molar-refractivity contribution in [2.75, 3.05) is 0 Å². The van der Waals surface area contributed by atoms with Crippen LogP contribution >= 0.6 is 11.6 Å². The van der Waals surface area contributed by atoms with Crippen LogP contribution in [-0.2, 0) is 0 Å². The number of carbonyl (C=O) groups excluding carboxylic acids is 1. The van der Waals surface area contributed by atoms with Crippen LogP contribution in [0.1, 0.15) is 16.2 Å². The first-order valence-corrected chi connectivity index (χ1v) is 5.44. The molecule has 0 aliphatic carbocycles. The topological polar surface area (TPSA) is 52.0 Å². The van der Waals surface area contributed by atoms with Crippen LogP contribution in [0.25, 0.3) is 5.69 Å². The highest BCUT2D eigenvalue weighted by atomic mass is 35.5. The predicted molar refractivity (Wildman–Crippen MR) is 64.7 cm³/mol. The zero-order chi connectivity index (χ0) is 13.3. The summed E-state index contributed by atoms with van der Waals surface area (Å²) in [5.74, 6) is -0.510. The van der Waals surface area contributed by atoms with E-state index in [2.05, 4.69) is 5.10 Å². The minimum absolute atomic E-state index is 0.147. The van der Waals surface area contributed by atoms with Crippen molar-refractivity contribution in [3.8, 4) is 5.69 Å². The first kappa shape index (κ1) is 12.4. The van der Waals surface area contributed by atoms with Crippen LogP contribution in [0.15, 0.2) is 35.1 Å². The molecule has 92 valence electrons. The van der Waals surface area contributed by atoms with E-state index in [-0.39, 0.29) is 5.69 Å². The summed E-state index contributed by atoms with van der Waals surface area (Å²) in [6.45, 7) is 1.59. The number of rotatable bonds is 2. The van der Waals surface area contributed by atoms with Gasteiger partial charge in [-0.15, -0.1) is 0 Å². The van der Waals surface area contributed by atoms with E-state index in [1.165, 1.54) is 28.9 Å². The minimum atomic E-state index is -0.968. The van der Waals surface area contributed by atoms with Crippen LogP contribution < -0.4 is 5.43 Å². The summed E-state index contributed by atoms with van der Waals surface area (Å²) >= 11 is 5.25. The number of aromatic nitrogens is 2. The summed E-state index contributed by atoms with van der Waals surface area (Å²) in [5, 5.41) is 2.82. The quantitative estimate of drug-likeness (QED) is 0.782. The molecule has 2 rings (SSSR count). The minimum Gasteiger partial charge on any atom is -0.287 e. The predicted octanol–water partition coefficient (Wildman–Crippen LogP) is 2.06. The number of aryl methyl sites for hydroxylation is 1. The van der Waals surface area contributed by atoms with Gasteiger partial charge in [0.05, 0.1) is 0 Å². The molecule has 1 aromatic carbocycles. The highest BCUT2D eigenvalue weighted by Gasteiger charge is 2.14. The van der Waals surface area contributed by atoms with E-state index in [0.717, 1.165) is 0 Å². The number of halogens is 2. The van der Waals surface area contributed by atoms with Crippen LogP contribution in [0.4, 0.5) is 4.39 Å². The SMILES string of the molecule is Cc1cc(=O)c(C(=O)Cl)nn1-c1ccccc1F. The average molecular weight is 267 g/mol. The van der Waals surface area contributed by atoms with E-state index in [0.29, 0.717) is 5.69 Å². The molecule has 0 radical (unpaired) electrons. The lowest BCUT2D eigenvalue weighted by Gasteiger charge is -2.10. The summed E-state index contributed by atoms with van der Waals surface area (Å²) in [6, 6.07) is 7.10. The fourth-order valence-corrected chi connectivity index (χ4v) is 1.68. The van der Waals surface area contributed by atoms with E-state index >= 15 is 0 Å². The summed E-state index contributed by atoms with van der Waals surface area (Å²) in [6.07, 6.45) is 0. The maximum Gasteiger partial charge on any atom is 0.276 e. The Bertz CT molecular complexity index is 682. The van der Waals surface area contributed by atoms with Gasteiger partial charge in [-0.25, -0.2) is 9.07 Å². The van der Waals surface area contributed by atoms with E-state index in [4.69, 9.17) is 11.6 Å². The molecule has 0 aliphatic heterocycles. The van der Waals surface area contributed by atoms with Gasteiger partial charge >= 0.3 is 0 Å². The normalized spacial score (nSPS) is 10.4. The lowest BCUT2D eigenvalue weighted by atomic mass is 10.3. The molecular weight excluding hydrogens is 259 g/mol. The molecule has 6 heteroatoms. The third-order valence-corrected chi connectivity index (χ3v) is 2.55. The van der Waals surface area contributed by atoms with Crippen LogP contribution in [0.2, 0.25) is 0 Å². The Morgan fingerprint density at radius 1 is 1.39 bits per heavy atom. The Kier molecular flexibility index (Phi) is 3.25. The van der Waals surface area contributed by atoms with Crippen LogP contribution in [0.3, 0.4) is 0 Å². The first-order valence-electron chi connectivity index (χ1n) is 5.06. The number of nitrogens with zero attached hydrogens (tertiary/aromatic N) is 2. The molecule has 0 saturated heterocycles. The van der Waals surface area contributed by atoms with Crippen LogP contribution in [0, 0.1) is 12.7 Å². The fraction of sp³-hybridized carbons (Fsp3) is 0.0833. The van der Waals surface area contributed by atoms with Crippen LogP contribution in [0.5, 0.6) is 0 Å². The number of carbonyl (C=O) groups is 1. The molecule has 0 spiro atoms. The third-order valence-electron chi connectivity index (χ3n) is 2.37. The zero-order valence-corrected chi connectivity index (χ0v) is 10.1. The molecule has 0 bridgehead atoms. The van der Waals surface area contributed by atoms with Crippen molar-refractivity contribution in [2.45, 2.75) is 6.92 Å². The van der Waals surface area contributed by atoms with Gasteiger partial charge in [-0.05, 0) is 30.7 Å². The van der Waals surface area contributed by atoms with Crippen molar-refractivity contribution in [3.63, 3.8) is 0 Å². The van der Waals surface area contributed by atoms with Crippen molar-refractivity contribution in [1.29, 1.82) is 0 Å². The van der Waals surface area contributed by atoms with Crippen molar-refractivity contribution in [1.82, 2.24) is 9.78 Å². The van der Waals surface area contributed by atoms with Gasteiger partial charge in [0, 0.05) is 11.8 Å². The standard InChI is InChI=1S/C12H8ClFN2O2/c1-7-6-10(17)11(12(13)18)15-16(7)9-5-3-2-4-8(9)14/h2-6H,1H3. The van der Waals surface area contributed by atoms with Gasteiger partial charge in [-0.1, -0.05) is 12.1 Å². The van der Waals surface area contributed by atoms with Crippen molar-refractivity contribution < 1.29 is 9.18 Å². The van der Waals surface area contributed by atoms with Gasteiger partial charge in [-0.3, -0.25) is 9.59 Å². The molecule has 1 aromatic heterocycles. The summed E-state index contributed by atoms with van der Waals surface area (Å²) in [7, 11) is 0. The second-order valence-electron chi connectivity index (χ2n) is 3.64. The maximum absolute atomic E-state index is 13.6. The van der Waals surface area contributed by atoms with Crippen molar-refractivity contribution in [3.05, 3.63) is 57.8 Å². The molecule has 0 fully saturated rings. The molecule has 0 atom stereocenters. The molecule has 0 unspecified atom stereocenters. The Hall–Kier alpha value is -2.01. The molecule has 0 amide bonds.